The van der Waals surface area contributed by atoms with Crippen LogP contribution in [0.1, 0.15) is 25.7 Å². The Morgan fingerprint density at radius 2 is 2.24 bits per heavy atom. The van der Waals surface area contributed by atoms with E-state index in [1.807, 2.05) is 0 Å². The van der Waals surface area contributed by atoms with Crippen LogP contribution in [0.15, 0.2) is 12.7 Å². The molecule has 0 heterocycles. The number of carbonyl (C=O) groups excluding carboxylic acids is 1. The average molecular weight is 238 g/mol. The minimum absolute atomic E-state index is 0.0832. The summed E-state index contributed by atoms with van der Waals surface area (Å²) in [4.78, 5) is 11.4. The molecule has 17 heavy (non-hydrogen) atoms. The van der Waals surface area contributed by atoms with Gasteiger partial charge in [0.15, 0.2) is 0 Å². The van der Waals surface area contributed by atoms with Crippen molar-refractivity contribution in [1.82, 2.24) is 0 Å². The number of hydrogen-bond acceptors (Lipinski definition) is 4. The number of hydrogen-bond donors (Lipinski definition) is 2. The van der Waals surface area contributed by atoms with Crippen LogP contribution in [0, 0.1) is 17.8 Å². The van der Waals surface area contributed by atoms with Crippen LogP contribution in [-0.2, 0) is 9.53 Å². The first-order chi connectivity index (χ1) is 8.07. The number of ether oxygens (including phenoxy) is 1. The lowest BCUT2D eigenvalue weighted by Gasteiger charge is -2.36. The molecule has 2 bridgehead atoms. The summed E-state index contributed by atoms with van der Waals surface area (Å²) in [6.45, 7) is 3.41. The third-order valence-electron chi connectivity index (χ3n) is 4.97. The maximum absolute atomic E-state index is 11.4. The third kappa shape index (κ3) is 1.40. The normalized spacial score (nSPS) is 51.3. The van der Waals surface area contributed by atoms with Gasteiger partial charge in [-0.15, -0.1) is 0 Å². The lowest BCUT2D eigenvalue weighted by molar-refractivity contribution is -0.164. The summed E-state index contributed by atoms with van der Waals surface area (Å²) in [6, 6.07) is 0. The van der Waals surface area contributed by atoms with Gasteiger partial charge in [0, 0.05) is 12.0 Å². The van der Waals surface area contributed by atoms with E-state index in [-0.39, 0.29) is 5.92 Å². The number of rotatable bonds is 2. The van der Waals surface area contributed by atoms with Crippen molar-refractivity contribution in [2.24, 2.45) is 17.8 Å². The van der Waals surface area contributed by atoms with E-state index in [0.717, 1.165) is 19.3 Å². The molecule has 94 valence electrons. The molecule has 0 spiro atoms. The van der Waals surface area contributed by atoms with Crippen molar-refractivity contribution < 1.29 is 19.7 Å². The van der Waals surface area contributed by atoms with Gasteiger partial charge in [0.05, 0.1) is 12.2 Å². The van der Waals surface area contributed by atoms with Crippen molar-refractivity contribution in [3.8, 4) is 0 Å². The van der Waals surface area contributed by atoms with Crippen LogP contribution >= 0.6 is 0 Å². The third-order valence-corrected chi connectivity index (χ3v) is 4.97. The zero-order valence-electron chi connectivity index (χ0n) is 9.71. The van der Waals surface area contributed by atoms with Gasteiger partial charge in [-0.1, -0.05) is 6.58 Å². The molecule has 0 saturated heterocycles. The monoisotopic (exact) mass is 238 g/mol. The predicted octanol–water partition coefficient (Wildman–Crippen LogP) is 0.626. The summed E-state index contributed by atoms with van der Waals surface area (Å²) in [7, 11) is 0. The van der Waals surface area contributed by atoms with Crippen molar-refractivity contribution in [3.63, 3.8) is 0 Å². The Kier molecular flexibility index (Phi) is 2.35. The van der Waals surface area contributed by atoms with Crippen LogP contribution in [0.5, 0.6) is 0 Å². The Morgan fingerprint density at radius 1 is 1.47 bits per heavy atom. The number of fused-ring (bicyclic) bond motifs is 5. The Balaban J connectivity index is 1.89. The first-order valence-electron chi connectivity index (χ1n) is 6.29. The molecule has 3 aliphatic rings. The Bertz CT molecular complexity index is 366. The van der Waals surface area contributed by atoms with Crippen LogP contribution in [-0.4, -0.2) is 34.0 Å². The molecular weight excluding hydrogens is 220 g/mol. The van der Waals surface area contributed by atoms with Gasteiger partial charge < -0.3 is 14.9 Å². The summed E-state index contributed by atoms with van der Waals surface area (Å²) in [5.41, 5.74) is -0.544. The summed E-state index contributed by atoms with van der Waals surface area (Å²) >= 11 is 0. The highest BCUT2D eigenvalue weighted by atomic mass is 16.6. The van der Waals surface area contributed by atoms with Gasteiger partial charge >= 0.3 is 5.97 Å². The van der Waals surface area contributed by atoms with E-state index in [1.165, 1.54) is 6.08 Å². The van der Waals surface area contributed by atoms with E-state index in [2.05, 4.69) is 6.58 Å². The van der Waals surface area contributed by atoms with Gasteiger partial charge in [0.25, 0.3) is 0 Å². The second kappa shape index (κ2) is 3.56. The highest BCUT2D eigenvalue weighted by Gasteiger charge is 2.66. The van der Waals surface area contributed by atoms with Crippen LogP contribution < -0.4 is 0 Å². The molecule has 0 aromatic carbocycles. The average Bonchev–Trinajstić information content (AvgIpc) is 2.91. The highest BCUT2D eigenvalue weighted by molar-refractivity contribution is 5.81. The first kappa shape index (κ1) is 11.2. The minimum atomic E-state index is -0.747. The molecule has 4 nitrogen and oxygen atoms in total. The molecule has 4 heteroatoms. The molecule has 3 fully saturated rings. The van der Waals surface area contributed by atoms with Crippen molar-refractivity contribution in [3.05, 3.63) is 12.7 Å². The molecule has 0 aliphatic heterocycles. The number of aliphatic hydroxyl groups excluding tert-OH is 2. The van der Waals surface area contributed by atoms with Crippen LogP contribution in [0.4, 0.5) is 0 Å². The topological polar surface area (TPSA) is 66.8 Å². The SMILES string of the molecule is C=CC(=O)OC12CCC(C1)C1CC(O)C(O)C12. The molecule has 6 atom stereocenters. The van der Waals surface area contributed by atoms with Gasteiger partial charge in [-0.3, -0.25) is 0 Å². The Hall–Kier alpha value is -0.870. The maximum atomic E-state index is 11.4. The zero-order chi connectivity index (χ0) is 12.2. The van der Waals surface area contributed by atoms with Crippen LogP contribution in [0.3, 0.4) is 0 Å². The van der Waals surface area contributed by atoms with E-state index in [1.54, 1.807) is 0 Å². The van der Waals surface area contributed by atoms with E-state index >= 15 is 0 Å². The fourth-order valence-corrected chi connectivity index (χ4v) is 4.39. The zero-order valence-corrected chi connectivity index (χ0v) is 9.71. The van der Waals surface area contributed by atoms with Crippen LogP contribution in [0.2, 0.25) is 0 Å². The second-order valence-electron chi connectivity index (χ2n) is 5.68. The molecule has 0 radical (unpaired) electrons. The largest absolute Gasteiger partial charge is 0.456 e. The standard InChI is InChI=1S/C13H18O4/c1-2-10(15)17-13-4-3-7(6-13)8-5-9(14)12(16)11(8)13/h2,7-9,11-12,14,16H,1,3-6H2. The number of aliphatic hydroxyl groups is 2. The van der Waals surface area contributed by atoms with E-state index < -0.39 is 23.8 Å². The lowest BCUT2D eigenvalue weighted by Crippen LogP contribution is -2.45. The van der Waals surface area contributed by atoms with Gasteiger partial charge in [-0.05, 0) is 37.5 Å². The van der Waals surface area contributed by atoms with Crippen molar-refractivity contribution in [2.45, 2.75) is 43.5 Å². The van der Waals surface area contributed by atoms with Gasteiger partial charge in [0.1, 0.15) is 5.60 Å². The second-order valence-corrected chi connectivity index (χ2v) is 5.68. The summed E-state index contributed by atoms with van der Waals surface area (Å²) in [5, 5.41) is 19.8. The predicted molar refractivity (Wildman–Crippen MR) is 60.0 cm³/mol. The molecule has 3 rings (SSSR count). The van der Waals surface area contributed by atoms with Gasteiger partial charge in [0.2, 0.25) is 0 Å². The summed E-state index contributed by atoms with van der Waals surface area (Å²) in [6.07, 6.45) is 3.09. The molecule has 3 aliphatic carbocycles. The van der Waals surface area contributed by atoms with E-state index in [4.69, 9.17) is 4.74 Å². The van der Waals surface area contributed by atoms with Gasteiger partial charge in [-0.2, -0.15) is 0 Å². The number of esters is 1. The van der Waals surface area contributed by atoms with Crippen molar-refractivity contribution >= 4 is 5.97 Å². The molecular formula is C13H18O4. The maximum Gasteiger partial charge on any atom is 0.330 e. The summed E-state index contributed by atoms with van der Waals surface area (Å²) < 4.78 is 5.54. The Labute approximate surface area is 100 Å². The van der Waals surface area contributed by atoms with Crippen LogP contribution in [0.25, 0.3) is 0 Å². The molecule has 3 saturated carbocycles. The highest BCUT2D eigenvalue weighted by Crippen LogP contribution is 2.62. The van der Waals surface area contributed by atoms with E-state index in [0.29, 0.717) is 18.3 Å². The van der Waals surface area contributed by atoms with Crippen molar-refractivity contribution in [1.29, 1.82) is 0 Å². The number of carbonyl (C=O) groups is 1. The lowest BCUT2D eigenvalue weighted by atomic mass is 9.78. The first-order valence-corrected chi connectivity index (χ1v) is 6.29. The minimum Gasteiger partial charge on any atom is -0.456 e. The molecule has 6 unspecified atom stereocenters. The smallest absolute Gasteiger partial charge is 0.330 e. The van der Waals surface area contributed by atoms with Crippen molar-refractivity contribution in [2.75, 3.05) is 0 Å². The molecule has 2 N–H and O–H groups in total. The fourth-order valence-electron chi connectivity index (χ4n) is 4.39. The summed E-state index contributed by atoms with van der Waals surface area (Å²) in [5.74, 6) is 0.302. The Morgan fingerprint density at radius 3 is 2.94 bits per heavy atom. The van der Waals surface area contributed by atoms with E-state index in [9.17, 15) is 15.0 Å². The fraction of sp³-hybridized carbons (Fsp3) is 0.769. The molecule has 0 amide bonds. The molecule has 0 aromatic rings. The quantitative estimate of drug-likeness (QED) is 0.547. The molecule has 0 aromatic heterocycles. The van der Waals surface area contributed by atoms with Gasteiger partial charge in [-0.25, -0.2) is 4.79 Å².